The molecule has 2 aliphatic rings. The van der Waals surface area contributed by atoms with Crippen molar-refractivity contribution in [2.75, 3.05) is 0 Å². The molecular formula is C25H32N+. The van der Waals surface area contributed by atoms with Crippen LogP contribution in [0.1, 0.15) is 77.5 Å². The van der Waals surface area contributed by atoms with E-state index in [0.29, 0.717) is 0 Å². The summed E-state index contributed by atoms with van der Waals surface area (Å²) in [4.78, 5) is 0. The summed E-state index contributed by atoms with van der Waals surface area (Å²) in [5.41, 5.74) is 8.81. The molecule has 1 nitrogen and oxygen atoms in total. The third kappa shape index (κ3) is 2.06. The van der Waals surface area contributed by atoms with Crippen molar-refractivity contribution in [3.05, 3.63) is 59.8 Å². The number of hydrogen-bond donors (Lipinski definition) is 0. The Morgan fingerprint density at radius 3 is 2.08 bits per heavy atom. The van der Waals surface area contributed by atoms with Crippen molar-refractivity contribution < 1.29 is 4.57 Å². The highest BCUT2D eigenvalue weighted by molar-refractivity contribution is 5.84. The van der Waals surface area contributed by atoms with Gasteiger partial charge in [-0.05, 0) is 52.1 Å². The predicted octanol–water partition coefficient (Wildman–Crippen LogP) is 6.14. The van der Waals surface area contributed by atoms with Gasteiger partial charge in [-0.1, -0.05) is 48.1 Å². The van der Waals surface area contributed by atoms with E-state index in [0.717, 1.165) is 12.8 Å². The third-order valence-corrected chi connectivity index (χ3v) is 7.15. The normalized spacial score (nSPS) is 21.1. The van der Waals surface area contributed by atoms with Crippen LogP contribution in [0, 0.1) is 0 Å². The van der Waals surface area contributed by atoms with E-state index in [1.807, 2.05) is 0 Å². The molecule has 0 saturated heterocycles. The maximum atomic E-state index is 4.64. The lowest BCUT2D eigenvalue weighted by molar-refractivity contribution is -0.741. The minimum atomic E-state index is -0.0178. The molecule has 0 spiro atoms. The quantitative estimate of drug-likeness (QED) is 0.575. The Balaban J connectivity index is 2.08. The summed E-state index contributed by atoms with van der Waals surface area (Å²) < 4.78 is 2.48. The molecule has 0 fully saturated rings. The van der Waals surface area contributed by atoms with Crippen LogP contribution in [0.15, 0.2) is 43.1 Å². The van der Waals surface area contributed by atoms with Crippen molar-refractivity contribution in [3.8, 4) is 11.3 Å². The fourth-order valence-electron chi connectivity index (χ4n) is 5.93. The number of benzene rings is 1. The Morgan fingerprint density at radius 1 is 0.923 bits per heavy atom. The maximum Gasteiger partial charge on any atom is 0.213 e. The molecule has 2 aromatic rings. The molecule has 0 amide bonds. The van der Waals surface area contributed by atoms with Crippen LogP contribution < -0.4 is 4.57 Å². The van der Waals surface area contributed by atoms with Crippen molar-refractivity contribution in [1.29, 1.82) is 0 Å². The van der Waals surface area contributed by atoms with Gasteiger partial charge in [0.1, 0.15) is 0 Å². The zero-order valence-electron chi connectivity index (χ0n) is 17.2. The topological polar surface area (TPSA) is 3.88 Å². The molecule has 0 bridgehead atoms. The molecule has 1 aromatic carbocycles. The Labute approximate surface area is 158 Å². The van der Waals surface area contributed by atoms with Gasteiger partial charge >= 0.3 is 0 Å². The Kier molecular flexibility index (Phi) is 3.58. The predicted molar refractivity (Wildman–Crippen MR) is 110 cm³/mol. The summed E-state index contributed by atoms with van der Waals surface area (Å²) in [6.45, 7) is 18.8. The van der Waals surface area contributed by atoms with Gasteiger partial charge in [0.25, 0.3) is 0 Å². The highest BCUT2D eigenvalue weighted by atomic mass is 15.1. The first-order chi connectivity index (χ1) is 12.2. The van der Waals surface area contributed by atoms with Gasteiger partial charge in [0, 0.05) is 30.5 Å². The summed E-state index contributed by atoms with van der Waals surface area (Å²) in [5, 5.41) is 0. The second kappa shape index (κ2) is 5.31. The van der Waals surface area contributed by atoms with Gasteiger partial charge in [0.05, 0.1) is 5.56 Å². The van der Waals surface area contributed by atoms with E-state index < -0.39 is 0 Å². The molecule has 1 aliphatic carbocycles. The summed E-state index contributed by atoms with van der Waals surface area (Å²) in [5.74, 6) is 0. The number of pyridine rings is 1. The second-order valence-electron chi connectivity index (χ2n) is 9.56. The van der Waals surface area contributed by atoms with Crippen LogP contribution in [0.5, 0.6) is 0 Å². The molecule has 2 heterocycles. The molecule has 0 unspecified atom stereocenters. The summed E-state index contributed by atoms with van der Waals surface area (Å²) in [6, 6.07) is 11.6. The van der Waals surface area contributed by atoms with Crippen LogP contribution in [0.25, 0.3) is 16.8 Å². The first-order valence-electron chi connectivity index (χ1n) is 10.1. The molecule has 0 radical (unpaired) electrons. The number of fused-ring (bicyclic) bond motifs is 4. The average molecular weight is 347 g/mol. The molecule has 0 N–H and O–H groups in total. The van der Waals surface area contributed by atoms with Gasteiger partial charge < -0.3 is 0 Å². The first-order valence-corrected chi connectivity index (χ1v) is 10.1. The number of aromatic nitrogens is 1. The van der Waals surface area contributed by atoms with Crippen LogP contribution >= 0.6 is 0 Å². The van der Waals surface area contributed by atoms with Gasteiger partial charge in [-0.25, -0.2) is 0 Å². The van der Waals surface area contributed by atoms with Crippen LogP contribution in [-0.2, 0) is 16.4 Å². The smallest absolute Gasteiger partial charge is 0.189 e. The summed E-state index contributed by atoms with van der Waals surface area (Å²) in [7, 11) is 0. The zero-order chi connectivity index (χ0) is 18.9. The molecule has 1 aromatic heterocycles. The van der Waals surface area contributed by atoms with Gasteiger partial charge in [-0.3, -0.25) is 0 Å². The Hall–Kier alpha value is -1.89. The fourth-order valence-corrected chi connectivity index (χ4v) is 5.93. The largest absolute Gasteiger partial charge is 0.213 e. The van der Waals surface area contributed by atoms with E-state index in [1.54, 1.807) is 0 Å². The van der Waals surface area contributed by atoms with E-state index in [4.69, 9.17) is 0 Å². The second-order valence-corrected chi connectivity index (χ2v) is 9.56. The molecule has 1 aliphatic heterocycles. The summed E-state index contributed by atoms with van der Waals surface area (Å²) in [6.07, 6.45) is 5.58. The van der Waals surface area contributed by atoms with Crippen molar-refractivity contribution in [2.45, 2.75) is 77.2 Å². The standard InChI is InChI=1S/C25H32N/c1-8-25(9-2)17(3)18-14-20-21(24(6,7)16-23(20,4)5)15-19(18)22-12-10-11-13-26(22)25/h10-15H,3,8-9,16H2,1-2,4-7H3/q+1. The molecule has 136 valence electrons. The lowest BCUT2D eigenvalue weighted by Crippen LogP contribution is -2.59. The first kappa shape index (κ1) is 17.5. The highest BCUT2D eigenvalue weighted by Crippen LogP contribution is 2.53. The van der Waals surface area contributed by atoms with E-state index in [2.05, 4.69) is 89.2 Å². The van der Waals surface area contributed by atoms with Gasteiger partial charge in [-0.2, -0.15) is 4.57 Å². The monoisotopic (exact) mass is 346 g/mol. The lowest BCUT2D eigenvalue weighted by Gasteiger charge is -2.35. The third-order valence-electron chi connectivity index (χ3n) is 7.15. The molecule has 0 atom stereocenters. The van der Waals surface area contributed by atoms with Crippen LogP contribution in [0.4, 0.5) is 0 Å². The number of nitrogens with zero attached hydrogens (tertiary/aromatic N) is 1. The van der Waals surface area contributed by atoms with Crippen LogP contribution in [0.3, 0.4) is 0 Å². The van der Waals surface area contributed by atoms with Crippen molar-refractivity contribution in [1.82, 2.24) is 0 Å². The number of allylic oxidation sites excluding steroid dienone is 1. The van der Waals surface area contributed by atoms with Crippen LogP contribution in [-0.4, -0.2) is 0 Å². The van der Waals surface area contributed by atoms with Gasteiger partial charge in [0.15, 0.2) is 11.7 Å². The van der Waals surface area contributed by atoms with Crippen molar-refractivity contribution in [3.63, 3.8) is 0 Å². The minimum absolute atomic E-state index is 0.0178. The van der Waals surface area contributed by atoms with Gasteiger partial charge in [0.2, 0.25) is 5.69 Å². The lowest BCUT2D eigenvalue weighted by atomic mass is 9.73. The highest BCUT2D eigenvalue weighted by Gasteiger charge is 2.49. The van der Waals surface area contributed by atoms with Crippen molar-refractivity contribution >= 4 is 5.57 Å². The van der Waals surface area contributed by atoms with Crippen molar-refractivity contribution in [2.24, 2.45) is 0 Å². The van der Waals surface area contributed by atoms with E-state index in [9.17, 15) is 0 Å². The number of hydrogen-bond acceptors (Lipinski definition) is 0. The maximum absolute atomic E-state index is 4.64. The number of rotatable bonds is 2. The SMILES string of the molecule is C=C1c2cc3c(cc2-c2cccc[n+]2C1(CC)CC)C(C)(C)CC3(C)C. The Bertz CT molecular complexity index is 910. The average Bonchev–Trinajstić information content (AvgIpc) is 2.79. The molecular weight excluding hydrogens is 314 g/mol. The fraction of sp³-hybridized carbons (Fsp3) is 0.480. The minimum Gasteiger partial charge on any atom is -0.189 e. The van der Waals surface area contributed by atoms with E-state index >= 15 is 0 Å². The summed E-state index contributed by atoms with van der Waals surface area (Å²) >= 11 is 0. The zero-order valence-corrected chi connectivity index (χ0v) is 17.2. The molecule has 0 saturated carbocycles. The van der Waals surface area contributed by atoms with E-state index in [1.165, 1.54) is 39.9 Å². The molecule has 1 heteroatoms. The van der Waals surface area contributed by atoms with Gasteiger partial charge in [-0.15, -0.1) is 0 Å². The van der Waals surface area contributed by atoms with E-state index in [-0.39, 0.29) is 16.4 Å². The molecule has 4 rings (SSSR count). The Morgan fingerprint density at radius 2 is 1.50 bits per heavy atom. The van der Waals surface area contributed by atoms with Crippen LogP contribution in [0.2, 0.25) is 0 Å². The molecule has 26 heavy (non-hydrogen) atoms.